The number of hydrogen-bond acceptors (Lipinski definition) is 2. The molecule has 13 heavy (non-hydrogen) atoms. The normalized spacial score (nSPS) is 13.8. The van der Waals surface area contributed by atoms with E-state index in [1.807, 2.05) is 30.3 Å². The van der Waals surface area contributed by atoms with E-state index in [1.54, 1.807) is 0 Å². The minimum absolute atomic E-state index is 0.596. The van der Waals surface area contributed by atoms with Crippen LogP contribution in [0.3, 0.4) is 0 Å². The van der Waals surface area contributed by atoms with Crippen molar-refractivity contribution in [2.24, 2.45) is 0 Å². The van der Waals surface area contributed by atoms with Crippen molar-refractivity contribution in [3.8, 4) is 6.07 Å². The van der Waals surface area contributed by atoms with Gasteiger partial charge in [-0.1, -0.05) is 24.8 Å². The zero-order chi connectivity index (χ0) is 9.26. The van der Waals surface area contributed by atoms with Gasteiger partial charge in [-0.15, -0.1) is 0 Å². The average Bonchev–Trinajstić information content (AvgIpc) is 2.17. The van der Waals surface area contributed by atoms with Crippen LogP contribution in [0.5, 0.6) is 0 Å². The quantitative estimate of drug-likeness (QED) is 0.646. The zero-order valence-corrected chi connectivity index (χ0v) is 7.04. The highest BCUT2D eigenvalue weighted by Crippen LogP contribution is 2.27. The molecule has 0 atom stereocenters. The van der Waals surface area contributed by atoms with Gasteiger partial charge in [0.15, 0.2) is 0 Å². The van der Waals surface area contributed by atoms with Crippen molar-refractivity contribution in [1.82, 2.24) is 0 Å². The lowest BCUT2D eigenvalue weighted by atomic mass is 10.0. The minimum atomic E-state index is 0.596. The molecule has 2 heteroatoms. The van der Waals surface area contributed by atoms with Gasteiger partial charge in [-0.05, 0) is 17.7 Å². The molecule has 0 spiro atoms. The maximum atomic E-state index is 8.77. The molecular weight excluding hydrogens is 160 g/mol. The Morgan fingerprint density at radius 2 is 2.08 bits per heavy atom. The Morgan fingerprint density at radius 3 is 2.85 bits per heavy atom. The first-order chi connectivity index (χ1) is 6.31. The largest absolute Gasteiger partial charge is 0.354 e. The topological polar surface area (TPSA) is 35.8 Å². The third kappa shape index (κ3) is 1.21. The number of nitriles is 1. The number of allylic oxidation sites excluding steroid dienone is 1. The maximum absolute atomic E-state index is 8.77. The summed E-state index contributed by atoms with van der Waals surface area (Å²) in [7, 11) is 0. The standard InChI is InChI=1S/C11H8N2/c1-8-10(7-12)6-9-4-2-3-5-11(9)13-8/h2-6,13H,1H2. The molecule has 62 valence electrons. The van der Waals surface area contributed by atoms with Crippen molar-refractivity contribution in [2.75, 3.05) is 5.32 Å². The fraction of sp³-hybridized carbons (Fsp3) is 0. The van der Waals surface area contributed by atoms with Gasteiger partial charge in [-0.2, -0.15) is 5.26 Å². The van der Waals surface area contributed by atoms with Gasteiger partial charge < -0.3 is 5.32 Å². The van der Waals surface area contributed by atoms with E-state index in [4.69, 9.17) is 5.26 Å². The van der Waals surface area contributed by atoms with Crippen LogP contribution in [-0.4, -0.2) is 0 Å². The van der Waals surface area contributed by atoms with Crippen molar-refractivity contribution in [2.45, 2.75) is 0 Å². The number of hydrogen-bond donors (Lipinski definition) is 1. The molecule has 1 aliphatic heterocycles. The van der Waals surface area contributed by atoms with Crippen molar-refractivity contribution in [1.29, 1.82) is 5.26 Å². The van der Waals surface area contributed by atoms with Crippen LogP contribution in [0.2, 0.25) is 0 Å². The smallest absolute Gasteiger partial charge is 0.101 e. The first-order valence-corrected chi connectivity index (χ1v) is 3.98. The van der Waals surface area contributed by atoms with Crippen molar-refractivity contribution >= 4 is 11.8 Å². The van der Waals surface area contributed by atoms with Gasteiger partial charge in [0.1, 0.15) is 6.07 Å². The number of nitrogens with one attached hydrogen (secondary N) is 1. The Labute approximate surface area is 76.8 Å². The summed E-state index contributed by atoms with van der Waals surface area (Å²) in [6.07, 6.45) is 1.84. The van der Waals surface area contributed by atoms with E-state index >= 15 is 0 Å². The Balaban J connectivity index is 2.58. The number of para-hydroxylation sites is 1. The molecular formula is C11H8N2. The van der Waals surface area contributed by atoms with Gasteiger partial charge in [0.2, 0.25) is 0 Å². The molecule has 0 saturated heterocycles. The van der Waals surface area contributed by atoms with Gasteiger partial charge in [-0.3, -0.25) is 0 Å². The van der Waals surface area contributed by atoms with Gasteiger partial charge in [-0.25, -0.2) is 0 Å². The summed E-state index contributed by atoms with van der Waals surface area (Å²) < 4.78 is 0. The van der Waals surface area contributed by atoms with Crippen molar-refractivity contribution in [3.63, 3.8) is 0 Å². The van der Waals surface area contributed by atoms with Crippen LogP contribution in [0.4, 0.5) is 5.69 Å². The van der Waals surface area contributed by atoms with E-state index in [9.17, 15) is 0 Å². The maximum Gasteiger partial charge on any atom is 0.101 e. The fourth-order valence-electron chi connectivity index (χ4n) is 1.31. The van der Waals surface area contributed by atoms with Crippen LogP contribution >= 0.6 is 0 Å². The predicted molar refractivity (Wildman–Crippen MR) is 52.8 cm³/mol. The molecule has 1 aliphatic rings. The highest BCUT2D eigenvalue weighted by Gasteiger charge is 2.11. The molecule has 0 radical (unpaired) electrons. The molecule has 1 aromatic rings. The summed E-state index contributed by atoms with van der Waals surface area (Å²) in [6.45, 7) is 3.76. The minimum Gasteiger partial charge on any atom is -0.354 e. The molecule has 2 rings (SSSR count). The molecule has 2 nitrogen and oxygen atoms in total. The molecule has 1 N–H and O–H groups in total. The van der Waals surface area contributed by atoms with E-state index < -0.39 is 0 Å². The van der Waals surface area contributed by atoms with Crippen LogP contribution in [-0.2, 0) is 0 Å². The summed E-state index contributed by atoms with van der Waals surface area (Å²) in [5.74, 6) is 0. The molecule has 0 fully saturated rings. The molecule has 0 aliphatic carbocycles. The first kappa shape index (κ1) is 7.63. The van der Waals surface area contributed by atoms with E-state index in [0.717, 1.165) is 11.3 Å². The average molecular weight is 168 g/mol. The zero-order valence-electron chi connectivity index (χ0n) is 7.04. The third-order valence-corrected chi connectivity index (χ3v) is 1.99. The van der Waals surface area contributed by atoms with Gasteiger partial charge in [0.25, 0.3) is 0 Å². The monoisotopic (exact) mass is 168 g/mol. The summed E-state index contributed by atoms with van der Waals surface area (Å²) >= 11 is 0. The second-order valence-electron chi connectivity index (χ2n) is 2.86. The summed E-state index contributed by atoms with van der Waals surface area (Å²) in [5.41, 5.74) is 3.30. The number of nitrogens with zero attached hydrogens (tertiary/aromatic N) is 1. The summed E-state index contributed by atoms with van der Waals surface area (Å²) in [4.78, 5) is 0. The predicted octanol–water partition coefficient (Wildman–Crippen LogP) is 2.53. The van der Waals surface area contributed by atoms with E-state index in [0.29, 0.717) is 11.3 Å². The number of fused-ring (bicyclic) bond motifs is 1. The van der Waals surface area contributed by atoms with E-state index in [1.165, 1.54) is 0 Å². The van der Waals surface area contributed by atoms with Gasteiger partial charge in [0, 0.05) is 11.4 Å². The fourth-order valence-corrected chi connectivity index (χ4v) is 1.31. The Bertz CT molecular complexity index is 436. The lowest BCUT2D eigenvalue weighted by Gasteiger charge is -2.16. The number of rotatable bonds is 0. The van der Waals surface area contributed by atoms with Crippen LogP contribution in [0, 0.1) is 11.3 Å². The van der Waals surface area contributed by atoms with Crippen molar-refractivity contribution < 1.29 is 0 Å². The van der Waals surface area contributed by atoms with Gasteiger partial charge >= 0.3 is 0 Å². The molecule has 0 amide bonds. The van der Waals surface area contributed by atoms with Crippen LogP contribution in [0.25, 0.3) is 6.08 Å². The Kier molecular flexibility index (Phi) is 1.64. The SMILES string of the molecule is C=C1Nc2ccccc2C=C1C#N. The highest BCUT2D eigenvalue weighted by molar-refractivity contribution is 5.79. The number of benzene rings is 1. The van der Waals surface area contributed by atoms with Crippen LogP contribution < -0.4 is 5.32 Å². The second-order valence-corrected chi connectivity index (χ2v) is 2.86. The van der Waals surface area contributed by atoms with Crippen LogP contribution in [0.1, 0.15) is 5.56 Å². The Morgan fingerprint density at radius 1 is 1.31 bits per heavy atom. The number of anilines is 1. The molecule has 0 bridgehead atoms. The van der Waals surface area contributed by atoms with E-state index in [-0.39, 0.29) is 0 Å². The van der Waals surface area contributed by atoms with Crippen LogP contribution in [0.15, 0.2) is 42.1 Å². The first-order valence-electron chi connectivity index (χ1n) is 3.98. The second kappa shape index (κ2) is 2.80. The molecule has 0 saturated carbocycles. The molecule has 0 aromatic heterocycles. The lowest BCUT2D eigenvalue weighted by molar-refractivity contribution is 1.38. The summed E-state index contributed by atoms with van der Waals surface area (Å²) in [6, 6.07) is 9.91. The highest BCUT2D eigenvalue weighted by atomic mass is 14.9. The molecule has 1 aromatic carbocycles. The van der Waals surface area contributed by atoms with E-state index in [2.05, 4.69) is 18.0 Å². The molecule has 1 heterocycles. The summed E-state index contributed by atoms with van der Waals surface area (Å²) in [5, 5.41) is 11.8. The lowest BCUT2D eigenvalue weighted by Crippen LogP contribution is -2.05. The van der Waals surface area contributed by atoms with Crippen molar-refractivity contribution in [3.05, 3.63) is 47.7 Å². The molecule has 0 unspecified atom stereocenters. The van der Waals surface area contributed by atoms with Gasteiger partial charge in [0.05, 0.1) is 5.57 Å². The Hall–Kier alpha value is -2.01. The third-order valence-electron chi connectivity index (χ3n) is 1.99.